The smallest absolute Gasteiger partial charge is 0.123 e. The molecule has 0 heterocycles. The van der Waals surface area contributed by atoms with E-state index in [4.69, 9.17) is 5.26 Å². The molecule has 62 valence electrons. The zero-order chi connectivity index (χ0) is 8.97. The van der Waals surface area contributed by atoms with Gasteiger partial charge >= 0.3 is 0 Å². The van der Waals surface area contributed by atoms with Crippen LogP contribution < -0.4 is 0 Å². The van der Waals surface area contributed by atoms with Crippen molar-refractivity contribution >= 4 is 0 Å². The Morgan fingerprint density at radius 1 is 1.25 bits per heavy atom. The summed E-state index contributed by atoms with van der Waals surface area (Å²) in [6.07, 6.45) is 0. The zero-order valence-corrected chi connectivity index (χ0v) is 7.36. The normalized spacial score (nSPS) is 12.5. The Morgan fingerprint density at radius 3 is 2.25 bits per heavy atom. The average molecular weight is 160 g/mol. The van der Waals surface area contributed by atoms with E-state index in [1.54, 1.807) is 0 Å². The molecule has 0 bridgehead atoms. The van der Waals surface area contributed by atoms with Crippen molar-refractivity contribution in [1.29, 1.82) is 5.26 Å². The maximum Gasteiger partial charge on any atom is 0.123 e. The van der Waals surface area contributed by atoms with E-state index in [1.165, 1.54) is 0 Å². The summed E-state index contributed by atoms with van der Waals surface area (Å²) in [6, 6.07) is 11.9. The molecule has 0 spiro atoms. The molecule has 0 unspecified atom stereocenters. The fraction of sp³-hybridized carbons (Fsp3) is 0.300. The van der Waals surface area contributed by atoms with Crippen molar-refractivity contribution in [1.82, 2.24) is 4.90 Å². The standard InChI is InChI=1S/C10H12N2/c1-12(2)10(8-11)9-6-4-3-5-7-9/h3-7,10H,1-2H3/t10-/m1/s1. The van der Waals surface area contributed by atoms with Crippen molar-refractivity contribution in [3.05, 3.63) is 35.9 Å². The third-order valence-electron chi connectivity index (χ3n) is 1.75. The molecule has 2 heteroatoms. The van der Waals surface area contributed by atoms with Gasteiger partial charge in [0.25, 0.3) is 0 Å². The van der Waals surface area contributed by atoms with Gasteiger partial charge < -0.3 is 0 Å². The average Bonchev–Trinajstić information content (AvgIpc) is 2.07. The Hall–Kier alpha value is -1.33. The monoisotopic (exact) mass is 160 g/mol. The van der Waals surface area contributed by atoms with Crippen LogP contribution in [0.3, 0.4) is 0 Å². The molecule has 0 aliphatic carbocycles. The van der Waals surface area contributed by atoms with Gasteiger partial charge in [0.1, 0.15) is 6.04 Å². The molecule has 0 aliphatic rings. The minimum atomic E-state index is -0.133. The van der Waals surface area contributed by atoms with Crippen molar-refractivity contribution in [2.45, 2.75) is 6.04 Å². The van der Waals surface area contributed by atoms with E-state index in [0.29, 0.717) is 0 Å². The highest BCUT2D eigenvalue weighted by Crippen LogP contribution is 2.15. The van der Waals surface area contributed by atoms with Gasteiger partial charge in [-0.2, -0.15) is 5.26 Å². The van der Waals surface area contributed by atoms with Gasteiger partial charge in [-0.25, -0.2) is 0 Å². The van der Waals surface area contributed by atoms with Crippen LogP contribution in [-0.2, 0) is 0 Å². The summed E-state index contributed by atoms with van der Waals surface area (Å²) in [4.78, 5) is 1.90. The summed E-state index contributed by atoms with van der Waals surface area (Å²) in [5.74, 6) is 0. The van der Waals surface area contributed by atoms with Crippen LogP contribution in [0.2, 0.25) is 0 Å². The summed E-state index contributed by atoms with van der Waals surface area (Å²) in [5.41, 5.74) is 1.05. The second-order valence-corrected chi connectivity index (χ2v) is 2.91. The lowest BCUT2D eigenvalue weighted by atomic mass is 10.1. The van der Waals surface area contributed by atoms with Crippen molar-refractivity contribution in [3.63, 3.8) is 0 Å². The molecule has 0 aromatic heterocycles. The summed E-state index contributed by atoms with van der Waals surface area (Å²) < 4.78 is 0. The van der Waals surface area contributed by atoms with E-state index in [9.17, 15) is 0 Å². The van der Waals surface area contributed by atoms with E-state index >= 15 is 0 Å². The number of nitriles is 1. The minimum absolute atomic E-state index is 0.133. The van der Waals surface area contributed by atoms with E-state index < -0.39 is 0 Å². The lowest BCUT2D eigenvalue weighted by Gasteiger charge is -2.16. The lowest BCUT2D eigenvalue weighted by Crippen LogP contribution is -2.17. The molecule has 0 aliphatic heterocycles. The van der Waals surface area contributed by atoms with Crippen molar-refractivity contribution in [2.24, 2.45) is 0 Å². The van der Waals surface area contributed by atoms with Crippen LogP contribution in [0.5, 0.6) is 0 Å². The fourth-order valence-corrected chi connectivity index (χ4v) is 1.12. The number of nitrogens with zero attached hydrogens (tertiary/aromatic N) is 2. The minimum Gasteiger partial charge on any atom is -0.291 e. The topological polar surface area (TPSA) is 27.0 Å². The highest BCUT2D eigenvalue weighted by Gasteiger charge is 2.10. The van der Waals surface area contributed by atoms with Gasteiger partial charge in [-0.05, 0) is 19.7 Å². The van der Waals surface area contributed by atoms with E-state index in [2.05, 4.69) is 6.07 Å². The van der Waals surface area contributed by atoms with Gasteiger partial charge in [0, 0.05) is 0 Å². The number of rotatable bonds is 2. The molecule has 1 aromatic rings. The van der Waals surface area contributed by atoms with Crippen LogP contribution in [0, 0.1) is 11.3 Å². The third kappa shape index (κ3) is 1.84. The van der Waals surface area contributed by atoms with Crippen LogP contribution in [0.4, 0.5) is 0 Å². The lowest BCUT2D eigenvalue weighted by molar-refractivity contribution is 0.358. The van der Waals surface area contributed by atoms with Crippen LogP contribution in [0.25, 0.3) is 0 Å². The molecule has 2 nitrogen and oxygen atoms in total. The highest BCUT2D eigenvalue weighted by atomic mass is 15.1. The Labute approximate surface area is 73.0 Å². The largest absolute Gasteiger partial charge is 0.291 e. The number of hydrogen-bond acceptors (Lipinski definition) is 2. The number of hydrogen-bond donors (Lipinski definition) is 0. The molecule has 0 amide bonds. The number of benzene rings is 1. The van der Waals surface area contributed by atoms with Gasteiger partial charge in [-0.15, -0.1) is 0 Å². The Morgan fingerprint density at radius 2 is 1.83 bits per heavy atom. The fourth-order valence-electron chi connectivity index (χ4n) is 1.12. The summed E-state index contributed by atoms with van der Waals surface area (Å²) >= 11 is 0. The molecule has 0 saturated heterocycles. The molecule has 0 N–H and O–H groups in total. The summed E-state index contributed by atoms with van der Waals surface area (Å²) in [6.45, 7) is 0. The summed E-state index contributed by atoms with van der Waals surface area (Å²) in [7, 11) is 3.81. The highest BCUT2D eigenvalue weighted by molar-refractivity contribution is 5.23. The SMILES string of the molecule is CN(C)[C@H](C#N)c1ccccc1. The van der Waals surface area contributed by atoms with Crippen LogP contribution >= 0.6 is 0 Å². The predicted octanol–water partition coefficient (Wildman–Crippen LogP) is 1.81. The van der Waals surface area contributed by atoms with Crippen molar-refractivity contribution < 1.29 is 0 Å². The third-order valence-corrected chi connectivity index (χ3v) is 1.75. The quantitative estimate of drug-likeness (QED) is 0.659. The van der Waals surface area contributed by atoms with Crippen LogP contribution in [0.1, 0.15) is 11.6 Å². The molecule has 0 saturated carbocycles. The van der Waals surface area contributed by atoms with Gasteiger partial charge in [0.15, 0.2) is 0 Å². The van der Waals surface area contributed by atoms with Gasteiger partial charge in [-0.3, -0.25) is 4.90 Å². The van der Waals surface area contributed by atoms with E-state index in [-0.39, 0.29) is 6.04 Å². The Balaban J connectivity index is 2.90. The first-order valence-electron chi connectivity index (χ1n) is 3.86. The molecule has 1 aromatic carbocycles. The van der Waals surface area contributed by atoms with Crippen molar-refractivity contribution in [3.8, 4) is 6.07 Å². The second kappa shape index (κ2) is 3.89. The molecular formula is C10H12N2. The van der Waals surface area contributed by atoms with Gasteiger partial charge in [-0.1, -0.05) is 30.3 Å². The molecule has 12 heavy (non-hydrogen) atoms. The van der Waals surface area contributed by atoms with Crippen LogP contribution in [-0.4, -0.2) is 19.0 Å². The first-order valence-corrected chi connectivity index (χ1v) is 3.86. The first-order chi connectivity index (χ1) is 5.75. The Kier molecular flexibility index (Phi) is 2.84. The zero-order valence-electron chi connectivity index (χ0n) is 7.36. The molecule has 1 rings (SSSR count). The van der Waals surface area contributed by atoms with Crippen LogP contribution in [0.15, 0.2) is 30.3 Å². The maximum absolute atomic E-state index is 8.86. The second-order valence-electron chi connectivity index (χ2n) is 2.91. The van der Waals surface area contributed by atoms with E-state index in [0.717, 1.165) is 5.56 Å². The Bertz CT molecular complexity index is 272. The molecule has 0 radical (unpaired) electrons. The van der Waals surface area contributed by atoms with E-state index in [1.807, 2.05) is 49.3 Å². The molecule has 0 fully saturated rings. The molecule has 1 atom stereocenters. The summed E-state index contributed by atoms with van der Waals surface area (Å²) in [5, 5.41) is 8.86. The molecular weight excluding hydrogens is 148 g/mol. The van der Waals surface area contributed by atoms with Gasteiger partial charge in [0.05, 0.1) is 6.07 Å². The maximum atomic E-state index is 8.86. The predicted molar refractivity (Wildman–Crippen MR) is 48.5 cm³/mol. The van der Waals surface area contributed by atoms with Gasteiger partial charge in [0.2, 0.25) is 0 Å². The van der Waals surface area contributed by atoms with Crippen molar-refractivity contribution in [2.75, 3.05) is 14.1 Å². The first kappa shape index (κ1) is 8.76.